The van der Waals surface area contributed by atoms with E-state index in [1.54, 1.807) is 24.3 Å². The van der Waals surface area contributed by atoms with Gasteiger partial charge in [-0.05, 0) is 50.5 Å². The van der Waals surface area contributed by atoms with Crippen molar-refractivity contribution >= 4 is 11.9 Å². The van der Waals surface area contributed by atoms with E-state index in [9.17, 15) is 9.59 Å². The number of hydrogen-bond donors (Lipinski definition) is 0. The lowest BCUT2D eigenvalue weighted by Crippen LogP contribution is -2.15. The van der Waals surface area contributed by atoms with Crippen LogP contribution >= 0.6 is 0 Å². The second kappa shape index (κ2) is 11.2. The van der Waals surface area contributed by atoms with Gasteiger partial charge in [0.1, 0.15) is 5.75 Å². The van der Waals surface area contributed by atoms with Gasteiger partial charge in [0.15, 0.2) is 0 Å². The lowest BCUT2D eigenvalue weighted by Gasteiger charge is -2.12. The van der Waals surface area contributed by atoms with Crippen molar-refractivity contribution < 1.29 is 19.1 Å². The van der Waals surface area contributed by atoms with Crippen LogP contribution in [0.2, 0.25) is 0 Å². The zero-order chi connectivity index (χ0) is 17.8. The van der Waals surface area contributed by atoms with Crippen molar-refractivity contribution in [3.8, 4) is 11.8 Å². The third-order valence-corrected chi connectivity index (χ3v) is 3.52. The smallest absolute Gasteiger partial charge is 0.311 e. The van der Waals surface area contributed by atoms with Crippen LogP contribution in [-0.2, 0) is 14.3 Å². The Morgan fingerprint density at radius 2 is 1.75 bits per heavy atom. The quantitative estimate of drug-likeness (QED) is 0.366. The maximum atomic E-state index is 11.7. The number of carbonyl (C=O) groups excluding carboxylic acids is 2. The van der Waals surface area contributed by atoms with E-state index < -0.39 is 5.97 Å². The molecule has 0 aromatic heterocycles. The minimum atomic E-state index is -0.400. The summed E-state index contributed by atoms with van der Waals surface area (Å²) in [6, 6.07) is 8.30. The largest absolute Gasteiger partial charge is 0.463 e. The van der Waals surface area contributed by atoms with E-state index in [4.69, 9.17) is 14.7 Å². The molecule has 0 bridgehead atoms. The van der Waals surface area contributed by atoms with Crippen molar-refractivity contribution in [3.63, 3.8) is 0 Å². The molecule has 0 radical (unpaired) electrons. The fourth-order valence-electron chi connectivity index (χ4n) is 2.18. The van der Waals surface area contributed by atoms with Crippen molar-refractivity contribution in [3.05, 3.63) is 29.8 Å². The maximum absolute atomic E-state index is 11.7. The molecule has 1 aromatic carbocycles. The van der Waals surface area contributed by atoms with Crippen LogP contribution < -0.4 is 4.74 Å². The molecule has 0 spiro atoms. The average Bonchev–Trinajstić information content (AvgIpc) is 2.55. The van der Waals surface area contributed by atoms with Crippen LogP contribution in [0.25, 0.3) is 0 Å². The maximum Gasteiger partial charge on any atom is 0.311 e. The van der Waals surface area contributed by atoms with E-state index in [1.807, 2.05) is 13.0 Å². The van der Waals surface area contributed by atoms with Crippen molar-refractivity contribution in [2.24, 2.45) is 0 Å². The molecule has 5 heteroatoms. The highest BCUT2D eigenvalue weighted by Crippen LogP contribution is 2.13. The van der Waals surface area contributed by atoms with E-state index in [0.717, 1.165) is 25.7 Å². The molecule has 0 N–H and O–H groups in total. The van der Waals surface area contributed by atoms with Crippen molar-refractivity contribution in [2.45, 2.75) is 64.9 Å². The fourth-order valence-corrected chi connectivity index (χ4v) is 2.18. The standard InChI is InChI=1S/C19H25NO4/c1-3-4-5-7-15(2)23-18(21)8-6-9-19(22)24-17-12-10-16(14-20)11-13-17/h10-13,15H,3-9H2,1-2H3. The molecule has 0 aliphatic rings. The predicted octanol–water partition coefficient (Wildman–Crippen LogP) is 4.15. The highest BCUT2D eigenvalue weighted by molar-refractivity contribution is 5.74. The van der Waals surface area contributed by atoms with Gasteiger partial charge in [0.25, 0.3) is 0 Å². The molecule has 0 amide bonds. The van der Waals surface area contributed by atoms with Crippen LogP contribution in [0.3, 0.4) is 0 Å². The first kappa shape index (κ1) is 19.7. The molecular weight excluding hydrogens is 306 g/mol. The fraction of sp³-hybridized carbons (Fsp3) is 0.526. The molecule has 0 aliphatic carbocycles. The monoisotopic (exact) mass is 331 g/mol. The van der Waals surface area contributed by atoms with Crippen LogP contribution in [0, 0.1) is 11.3 Å². The van der Waals surface area contributed by atoms with Crippen LogP contribution in [0.5, 0.6) is 5.75 Å². The van der Waals surface area contributed by atoms with Gasteiger partial charge < -0.3 is 9.47 Å². The Morgan fingerprint density at radius 3 is 2.38 bits per heavy atom. The molecule has 1 aromatic rings. The molecule has 130 valence electrons. The SMILES string of the molecule is CCCCCC(C)OC(=O)CCCC(=O)Oc1ccc(C#N)cc1. The van der Waals surface area contributed by atoms with Gasteiger partial charge in [0, 0.05) is 12.8 Å². The molecule has 0 heterocycles. The van der Waals surface area contributed by atoms with E-state index in [2.05, 4.69) is 6.92 Å². The molecule has 0 saturated carbocycles. The Labute approximate surface area is 143 Å². The molecule has 1 atom stereocenters. The number of nitrogens with zero attached hydrogens (tertiary/aromatic N) is 1. The molecule has 0 fully saturated rings. The Hall–Kier alpha value is -2.35. The summed E-state index contributed by atoms with van der Waals surface area (Å²) in [6.45, 7) is 4.03. The van der Waals surface area contributed by atoms with Crippen LogP contribution in [0.4, 0.5) is 0 Å². The van der Waals surface area contributed by atoms with Gasteiger partial charge in [0.2, 0.25) is 0 Å². The number of benzene rings is 1. The average molecular weight is 331 g/mol. The van der Waals surface area contributed by atoms with Gasteiger partial charge in [0.05, 0.1) is 17.7 Å². The first-order chi connectivity index (χ1) is 11.5. The molecule has 1 rings (SSSR count). The van der Waals surface area contributed by atoms with E-state index in [1.165, 1.54) is 0 Å². The van der Waals surface area contributed by atoms with Crippen molar-refractivity contribution in [1.29, 1.82) is 5.26 Å². The summed E-state index contributed by atoms with van der Waals surface area (Å²) >= 11 is 0. The van der Waals surface area contributed by atoms with Crippen LogP contribution in [0.15, 0.2) is 24.3 Å². The summed E-state index contributed by atoms with van der Waals surface area (Å²) in [6.07, 6.45) is 4.90. The second-order valence-electron chi connectivity index (χ2n) is 5.76. The lowest BCUT2D eigenvalue weighted by atomic mass is 10.1. The summed E-state index contributed by atoms with van der Waals surface area (Å²) < 4.78 is 10.4. The van der Waals surface area contributed by atoms with E-state index in [0.29, 0.717) is 17.7 Å². The number of nitriles is 1. The molecule has 0 saturated heterocycles. The number of hydrogen-bond acceptors (Lipinski definition) is 5. The summed E-state index contributed by atoms with van der Waals surface area (Å²) in [5, 5.41) is 8.70. The number of carbonyl (C=O) groups is 2. The van der Waals surface area contributed by atoms with Crippen molar-refractivity contribution in [2.75, 3.05) is 0 Å². The van der Waals surface area contributed by atoms with Gasteiger partial charge in [-0.3, -0.25) is 9.59 Å². The van der Waals surface area contributed by atoms with Crippen molar-refractivity contribution in [1.82, 2.24) is 0 Å². The Kier molecular flexibility index (Phi) is 9.21. The molecule has 24 heavy (non-hydrogen) atoms. The number of rotatable bonds is 10. The zero-order valence-electron chi connectivity index (χ0n) is 14.4. The lowest BCUT2D eigenvalue weighted by molar-refractivity contribution is -0.148. The third-order valence-electron chi connectivity index (χ3n) is 3.52. The van der Waals surface area contributed by atoms with E-state index in [-0.39, 0.29) is 24.9 Å². The van der Waals surface area contributed by atoms with Gasteiger partial charge >= 0.3 is 11.9 Å². The summed E-state index contributed by atoms with van der Waals surface area (Å²) in [5.41, 5.74) is 0.505. The number of unbranched alkanes of at least 4 members (excludes halogenated alkanes) is 2. The zero-order valence-corrected chi connectivity index (χ0v) is 14.4. The van der Waals surface area contributed by atoms with Crippen LogP contribution in [-0.4, -0.2) is 18.0 Å². The highest BCUT2D eigenvalue weighted by atomic mass is 16.5. The first-order valence-corrected chi connectivity index (χ1v) is 8.45. The van der Waals surface area contributed by atoms with Gasteiger partial charge in [-0.1, -0.05) is 19.8 Å². The third kappa shape index (κ3) is 8.33. The Morgan fingerprint density at radius 1 is 1.08 bits per heavy atom. The predicted molar refractivity (Wildman–Crippen MR) is 90.3 cm³/mol. The molecule has 0 aliphatic heterocycles. The molecular formula is C19H25NO4. The summed E-state index contributed by atoms with van der Waals surface area (Å²) in [4.78, 5) is 23.4. The molecule has 1 unspecified atom stereocenters. The van der Waals surface area contributed by atoms with Gasteiger partial charge in [-0.2, -0.15) is 5.26 Å². The topological polar surface area (TPSA) is 76.4 Å². The van der Waals surface area contributed by atoms with E-state index >= 15 is 0 Å². The van der Waals surface area contributed by atoms with Crippen LogP contribution in [0.1, 0.15) is 64.4 Å². The minimum Gasteiger partial charge on any atom is -0.463 e. The normalized spacial score (nSPS) is 11.4. The number of ether oxygens (including phenoxy) is 2. The first-order valence-electron chi connectivity index (χ1n) is 8.45. The summed E-state index contributed by atoms with van der Waals surface area (Å²) in [5.74, 6) is -0.278. The van der Waals surface area contributed by atoms with Gasteiger partial charge in [-0.15, -0.1) is 0 Å². The minimum absolute atomic E-state index is 0.0744. The summed E-state index contributed by atoms with van der Waals surface area (Å²) in [7, 11) is 0. The Balaban J connectivity index is 2.20. The second-order valence-corrected chi connectivity index (χ2v) is 5.76. The van der Waals surface area contributed by atoms with Gasteiger partial charge in [-0.25, -0.2) is 0 Å². The Bertz CT molecular complexity index is 560. The highest BCUT2D eigenvalue weighted by Gasteiger charge is 2.11. The molecule has 5 nitrogen and oxygen atoms in total. The number of esters is 2.